The van der Waals surface area contributed by atoms with E-state index in [1.54, 1.807) is 0 Å². The largest absolute Gasteiger partial charge is 0.397 e. The standard InChI is InChI=1S/C10H7FN2O/c11-8-3-4-9(12)10-7(8)2-1-6(5-14)13-10/h1-5H,12H2. The van der Waals surface area contributed by atoms with E-state index in [2.05, 4.69) is 4.98 Å². The highest BCUT2D eigenvalue weighted by atomic mass is 19.1. The number of nitrogens with zero attached hydrogens (tertiary/aromatic N) is 1. The Bertz CT molecular complexity index is 511. The molecule has 0 saturated carbocycles. The van der Waals surface area contributed by atoms with Crippen LogP contribution >= 0.6 is 0 Å². The van der Waals surface area contributed by atoms with Gasteiger partial charge in [0.25, 0.3) is 0 Å². The summed E-state index contributed by atoms with van der Waals surface area (Å²) in [6.07, 6.45) is 0.601. The fourth-order valence-corrected chi connectivity index (χ4v) is 1.28. The van der Waals surface area contributed by atoms with E-state index in [0.29, 0.717) is 22.9 Å². The molecule has 0 unspecified atom stereocenters. The fourth-order valence-electron chi connectivity index (χ4n) is 1.28. The van der Waals surface area contributed by atoms with Crippen molar-refractivity contribution >= 4 is 22.9 Å². The molecular formula is C10H7FN2O. The van der Waals surface area contributed by atoms with Crippen LogP contribution in [0.2, 0.25) is 0 Å². The lowest BCUT2D eigenvalue weighted by Crippen LogP contribution is -1.94. The highest BCUT2D eigenvalue weighted by Crippen LogP contribution is 2.21. The number of hydrogen-bond acceptors (Lipinski definition) is 3. The molecule has 70 valence electrons. The topological polar surface area (TPSA) is 56.0 Å². The monoisotopic (exact) mass is 190 g/mol. The second kappa shape index (κ2) is 3.06. The molecule has 0 amide bonds. The van der Waals surface area contributed by atoms with Crippen molar-refractivity contribution in [2.24, 2.45) is 0 Å². The number of pyridine rings is 1. The third-order valence-corrected chi connectivity index (χ3v) is 1.98. The van der Waals surface area contributed by atoms with Crippen molar-refractivity contribution in [1.29, 1.82) is 0 Å². The van der Waals surface area contributed by atoms with Crippen molar-refractivity contribution < 1.29 is 9.18 Å². The number of aldehydes is 1. The molecule has 0 aliphatic rings. The number of rotatable bonds is 1. The Kier molecular flexibility index (Phi) is 1.89. The molecule has 2 N–H and O–H groups in total. The van der Waals surface area contributed by atoms with E-state index < -0.39 is 0 Å². The maximum atomic E-state index is 13.2. The SMILES string of the molecule is Nc1ccc(F)c2ccc(C=O)nc12. The summed E-state index contributed by atoms with van der Waals surface area (Å²) >= 11 is 0. The zero-order valence-corrected chi connectivity index (χ0v) is 7.20. The van der Waals surface area contributed by atoms with Crippen LogP contribution in [0.5, 0.6) is 0 Å². The van der Waals surface area contributed by atoms with Gasteiger partial charge in [-0.15, -0.1) is 0 Å². The summed E-state index contributed by atoms with van der Waals surface area (Å²) in [6, 6.07) is 5.66. The van der Waals surface area contributed by atoms with E-state index in [-0.39, 0.29) is 11.5 Å². The molecule has 3 nitrogen and oxygen atoms in total. The summed E-state index contributed by atoms with van der Waals surface area (Å²) in [6.45, 7) is 0. The third-order valence-electron chi connectivity index (χ3n) is 1.98. The molecule has 0 fully saturated rings. The molecular weight excluding hydrogens is 183 g/mol. The zero-order chi connectivity index (χ0) is 10.1. The normalized spacial score (nSPS) is 10.4. The van der Waals surface area contributed by atoms with Crippen LogP contribution in [0.4, 0.5) is 10.1 Å². The average molecular weight is 190 g/mol. The lowest BCUT2D eigenvalue weighted by molar-refractivity contribution is 0.111. The highest BCUT2D eigenvalue weighted by molar-refractivity contribution is 5.91. The Morgan fingerprint density at radius 2 is 2.07 bits per heavy atom. The molecule has 4 heteroatoms. The Balaban J connectivity index is 2.86. The van der Waals surface area contributed by atoms with Crippen LogP contribution < -0.4 is 5.73 Å². The first-order valence-electron chi connectivity index (χ1n) is 4.02. The summed E-state index contributed by atoms with van der Waals surface area (Å²) in [4.78, 5) is 14.4. The number of carbonyl (C=O) groups is 1. The molecule has 2 rings (SSSR count). The minimum Gasteiger partial charge on any atom is -0.397 e. The predicted octanol–water partition coefficient (Wildman–Crippen LogP) is 1.77. The number of nitrogens with two attached hydrogens (primary N) is 1. The Hall–Kier alpha value is -1.97. The van der Waals surface area contributed by atoms with Gasteiger partial charge in [0.1, 0.15) is 11.5 Å². The number of fused-ring (bicyclic) bond motifs is 1. The first-order valence-corrected chi connectivity index (χ1v) is 4.02. The van der Waals surface area contributed by atoms with Gasteiger partial charge in [-0.3, -0.25) is 4.79 Å². The maximum Gasteiger partial charge on any atom is 0.168 e. The number of halogens is 1. The maximum absolute atomic E-state index is 13.2. The van der Waals surface area contributed by atoms with Gasteiger partial charge in [-0.05, 0) is 24.3 Å². The van der Waals surface area contributed by atoms with Crippen molar-refractivity contribution in [1.82, 2.24) is 4.98 Å². The van der Waals surface area contributed by atoms with Gasteiger partial charge in [-0.2, -0.15) is 0 Å². The second-order valence-corrected chi connectivity index (χ2v) is 2.89. The summed E-state index contributed by atoms with van der Waals surface area (Å²) < 4.78 is 13.2. The smallest absolute Gasteiger partial charge is 0.168 e. The van der Waals surface area contributed by atoms with Crippen LogP contribution in [-0.4, -0.2) is 11.3 Å². The molecule has 0 atom stereocenters. The molecule has 0 aliphatic heterocycles. The third kappa shape index (κ3) is 1.21. The van der Waals surface area contributed by atoms with Crippen LogP contribution in [0.25, 0.3) is 10.9 Å². The highest BCUT2D eigenvalue weighted by Gasteiger charge is 2.05. The van der Waals surface area contributed by atoms with Crippen LogP contribution in [0, 0.1) is 5.82 Å². The minimum absolute atomic E-state index is 0.245. The van der Waals surface area contributed by atoms with Gasteiger partial charge >= 0.3 is 0 Å². The number of benzene rings is 1. The molecule has 0 saturated heterocycles. The van der Waals surface area contributed by atoms with E-state index in [1.165, 1.54) is 24.3 Å². The zero-order valence-electron chi connectivity index (χ0n) is 7.20. The van der Waals surface area contributed by atoms with Crippen molar-refractivity contribution in [3.05, 3.63) is 35.8 Å². The second-order valence-electron chi connectivity index (χ2n) is 2.89. The molecule has 1 aromatic carbocycles. The quantitative estimate of drug-likeness (QED) is 0.550. The minimum atomic E-state index is -0.390. The van der Waals surface area contributed by atoms with Gasteiger partial charge in [0, 0.05) is 5.39 Å². The number of nitrogen functional groups attached to an aromatic ring is 1. The van der Waals surface area contributed by atoms with Crippen LogP contribution in [-0.2, 0) is 0 Å². The molecule has 1 aromatic heterocycles. The molecule has 1 heterocycles. The van der Waals surface area contributed by atoms with Crippen molar-refractivity contribution in [3.8, 4) is 0 Å². The summed E-state index contributed by atoms with van der Waals surface area (Å²) in [5, 5.41) is 0.329. The number of aromatic nitrogens is 1. The summed E-state index contributed by atoms with van der Waals surface area (Å²) in [7, 11) is 0. The number of carbonyl (C=O) groups excluding carboxylic acids is 1. The van der Waals surface area contributed by atoms with Gasteiger partial charge in [0.2, 0.25) is 0 Å². The fraction of sp³-hybridized carbons (Fsp3) is 0. The van der Waals surface area contributed by atoms with Gasteiger partial charge in [-0.1, -0.05) is 0 Å². The van der Waals surface area contributed by atoms with Crippen molar-refractivity contribution in [2.75, 3.05) is 5.73 Å². The lowest BCUT2D eigenvalue weighted by Gasteiger charge is -2.02. The first kappa shape index (κ1) is 8.62. The van der Waals surface area contributed by atoms with Crippen LogP contribution in [0.3, 0.4) is 0 Å². The number of hydrogen-bond donors (Lipinski definition) is 1. The van der Waals surface area contributed by atoms with E-state index >= 15 is 0 Å². The average Bonchev–Trinajstić information content (AvgIpc) is 2.23. The number of anilines is 1. The summed E-state index contributed by atoms with van der Waals surface area (Å²) in [5.41, 5.74) is 6.54. The molecule has 0 spiro atoms. The van der Waals surface area contributed by atoms with E-state index in [4.69, 9.17) is 5.73 Å². The van der Waals surface area contributed by atoms with E-state index in [1.807, 2.05) is 0 Å². The Morgan fingerprint density at radius 3 is 2.79 bits per heavy atom. The molecule has 0 bridgehead atoms. The first-order chi connectivity index (χ1) is 6.72. The van der Waals surface area contributed by atoms with Crippen molar-refractivity contribution in [3.63, 3.8) is 0 Å². The Morgan fingerprint density at radius 1 is 1.29 bits per heavy atom. The molecule has 0 radical (unpaired) electrons. The van der Waals surface area contributed by atoms with E-state index in [9.17, 15) is 9.18 Å². The summed E-state index contributed by atoms with van der Waals surface area (Å²) in [5.74, 6) is -0.390. The van der Waals surface area contributed by atoms with E-state index in [0.717, 1.165) is 0 Å². The van der Waals surface area contributed by atoms with Gasteiger partial charge < -0.3 is 5.73 Å². The lowest BCUT2D eigenvalue weighted by atomic mass is 10.1. The van der Waals surface area contributed by atoms with Gasteiger partial charge in [0.05, 0.1) is 11.2 Å². The molecule has 14 heavy (non-hydrogen) atoms. The predicted molar refractivity (Wildman–Crippen MR) is 51.5 cm³/mol. The van der Waals surface area contributed by atoms with Gasteiger partial charge in [-0.25, -0.2) is 9.37 Å². The molecule has 0 aliphatic carbocycles. The Labute approximate surface area is 79.4 Å². The van der Waals surface area contributed by atoms with Crippen molar-refractivity contribution in [2.45, 2.75) is 0 Å². The van der Waals surface area contributed by atoms with Crippen LogP contribution in [0.1, 0.15) is 10.5 Å². The van der Waals surface area contributed by atoms with Gasteiger partial charge in [0.15, 0.2) is 6.29 Å². The molecule has 2 aromatic rings. The van der Waals surface area contributed by atoms with Crippen LogP contribution in [0.15, 0.2) is 24.3 Å².